The molecule has 0 atom stereocenters. The number of nitriles is 1. The Bertz CT molecular complexity index is 1330. The van der Waals surface area contributed by atoms with E-state index >= 15 is 0 Å². The number of benzene rings is 3. The van der Waals surface area contributed by atoms with Crippen molar-refractivity contribution in [3.05, 3.63) is 94.0 Å². The van der Waals surface area contributed by atoms with Crippen molar-refractivity contribution in [1.29, 1.82) is 5.26 Å². The molecule has 2 heterocycles. The summed E-state index contributed by atoms with van der Waals surface area (Å²) in [6.45, 7) is 0.398. The number of nitrogens with zero attached hydrogens (tertiary/aromatic N) is 3. The topological polar surface area (TPSA) is 57.0 Å². The zero-order valence-electron chi connectivity index (χ0n) is 15.7. The summed E-state index contributed by atoms with van der Waals surface area (Å²) in [5, 5.41) is 11.2. The number of halogens is 1. The summed E-state index contributed by atoms with van der Waals surface area (Å²) in [5.41, 5.74) is 4.05. The highest BCUT2D eigenvalue weighted by molar-refractivity contribution is 7.19. The molecule has 6 heteroatoms. The van der Waals surface area contributed by atoms with E-state index in [-0.39, 0.29) is 5.91 Å². The first kappa shape index (κ1) is 18.6. The third-order valence-corrected chi connectivity index (χ3v) is 6.35. The first-order valence-electron chi connectivity index (χ1n) is 9.32. The minimum atomic E-state index is -0.193. The van der Waals surface area contributed by atoms with Crippen LogP contribution in [0.25, 0.3) is 21.4 Å². The summed E-state index contributed by atoms with van der Waals surface area (Å²) in [6, 6.07) is 25.0. The van der Waals surface area contributed by atoms with E-state index in [1.807, 2.05) is 72.8 Å². The number of fused-ring (bicyclic) bond motifs is 2. The minimum Gasteiger partial charge on any atom is -0.303 e. The number of anilines is 1. The average molecular weight is 428 g/mol. The van der Waals surface area contributed by atoms with Crippen molar-refractivity contribution in [2.75, 3.05) is 4.90 Å². The molecule has 0 saturated carbocycles. The summed E-state index contributed by atoms with van der Waals surface area (Å²) in [5.74, 6) is -0.193. The molecule has 0 radical (unpaired) electrons. The maximum atomic E-state index is 13.5. The Morgan fingerprint density at radius 3 is 2.53 bits per heavy atom. The molecule has 1 aromatic heterocycles. The molecule has 4 aromatic rings. The molecule has 5 rings (SSSR count). The number of hydrogen-bond acceptors (Lipinski definition) is 4. The van der Waals surface area contributed by atoms with E-state index < -0.39 is 0 Å². The quantitative estimate of drug-likeness (QED) is 0.300. The molecule has 0 aliphatic carbocycles. The molecule has 1 aliphatic rings. The number of hydrogen-bond donors (Lipinski definition) is 0. The van der Waals surface area contributed by atoms with Gasteiger partial charge >= 0.3 is 0 Å². The SMILES string of the molecule is N#C/C(=C1\C(=O)N(Cc2ccc(Cl)cc2)c2ccccc21)c1nc2ccccc2s1. The van der Waals surface area contributed by atoms with Gasteiger partial charge in [0.15, 0.2) is 0 Å². The Morgan fingerprint density at radius 2 is 1.77 bits per heavy atom. The van der Waals surface area contributed by atoms with Gasteiger partial charge in [0, 0.05) is 10.6 Å². The van der Waals surface area contributed by atoms with Gasteiger partial charge in [0.1, 0.15) is 16.6 Å². The molecule has 0 unspecified atom stereocenters. The van der Waals surface area contributed by atoms with Crippen LogP contribution in [0.2, 0.25) is 5.02 Å². The van der Waals surface area contributed by atoms with Crippen molar-refractivity contribution >= 4 is 55.9 Å². The fraction of sp³-hybridized carbons (Fsp3) is 0.0417. The number of thiazole rings is 1. The molecule has 0 fully saturated rings. The summed E-state index contributed by atoms with van der Waals surface area (Å²) in [7, 11) is 0. The smallest absolute Gasteiger partial charge is 0.260 e. The van der Waals surface area contributed by atoms with Gasteiger partial charge in [0.05, 0.1) is 28.0 Å². The monoisotopic (exact) mass is 427 g/mol. The number of rotatable bonds is 3. The van der Waals surface area contributed by atoms with E-state index in [1.165, 1.54) is 11.3 Å². The van der Waals surface area contributed by atoms with Gasteiger partial charge < -0.3 is 4.90 Å². The lowest BCUT2D eigenvalue weighted by Gasteiger charge is -2.17. The molecule has 3 aromatic carbocycles. The molecule has 144 valence electrons. The largest absolute Gasteiger partial charge is 0.303 e. The fourth-order valence-corrected chi connectivity index (χ4v) is 4.73. The number of para-hydroxylation sites is 2. The minimum absolute atomic E-state index is 0.193. The van der Waals surface area contributed by atoms with Crippen LogP contribution in [-0.2, 0) is 11.3 Å². The maximum absolute atomic E-state index is 13.5. The van der Waals surface area contributed by atoms with E-state index in [2.05, 4.69) is 11.1 Å². The first-order valence-corrected chi connectivity index (χ1v) is 10.5. The van der Waals surface area contributed by atoms with Crippen LogP contribution in [0.1, 0.15) is 16.1 Å². The van der Waals surface area contributed by atoms with Gasteiger partial charge in [0.25, 0.3) is 5.91 Å². The molecule has 1 aliphatic heterocycles. The van der Waals surface area contributed by atoms with Crippen molar-refractivity contribution in [1.82, 2.24) is 4.98 Å². The van der Waals surface area contributed by atoms with Gasteiger partial charge in [0.2, 0.25) is 0 Å². The van der Waals surface area contributed by atoms with E-state index in [4.69, 9.17) is 11.6 Å². The third-order valence-electron chi connectivity index (χ3n) is 5.05. The predicted molar refractivity (Wildman–Crippen MR) is 121 cm³/mol. The maximum Gasteiger partial charge on any atom is 0.260 e. The van der Waals surface area contributed by atoms with Crippen LogP contribution in [0.4, 0.5) is 5.69 Å². The molecular formula is C24H14ClN3OS. The Labute approximate surface area is 182 Å². The summed E-state index contributed by atoms with van der Waals surface area (Å²) in [4.78, 5) is 19.8. The van der Waals surface area contributed by atoms with E-state index in [0.29, 0.717) is 27.7 Å². The molecule has 0 saturated heterocycles. The Kier molecular flexibility index (Phi) is 4.59. The van der Waals surface area contributed by atoms with Crippen LogP contribution >= 0.6 is 22.9 Å². The van der Waals surface area contributed by atoms with Gasteiger partial charge in [-0.2, -0.15) is 5.26 Å². The molecule has 0 N–H and O–H groups in total. The fourth-order valence-electron chi connectivity index (χ4n) is 3.64. The van der Waals surface area contributed by atoms with Crippen LogP contribution in [0, 0.1) is 11.3 Å². The number of amides is 1. The first-order chi connectivity index (χ1) is 14.7. The van der Waals surface area contributed by atoms with Crippen LogP contribution in [-0.4, -0.2) is 10.9 Å². The number of carbonyl (C=O) groups excluding carboxylic acids is 1. The lowest BCUT2D eigenvalue weighted by Crippen LogP contribution is -2.26. The van der Waals surface area contributed by atoms with E-state index in [0.717, 1.165) is 27.0 Å². The predicted octanol–water partition coefficient (Wildman–Crippen LogP) is 5.93. The Hall–Kier alpha value is -3.46. The van der Waals surface area contributed by atoms with Crippen molar-refractivity contribution in [2.45, 2.75) is 6.54 Å². The molecule has 1 amide bonds. The van der Waals surface area contributed by atoms with Crippen LogP contribution in [0.15, 0.2) is 72.8 Å². The number of aromatic nitrogens is 1. The highest BCUT2D eigenvalue weighted by atomic mass is 35.5. The van der Waals surface area contributed by atoms with Crippen molar-refractivity contribution in [3.8, 4) is 6.07 Å². The second-order valence-electron chi connectivity index (χ2n) is 6.88. The van der Waals surface area contributed by atoms with Gasteiger partial charge in [-0.3, -0.25) is 4.79 Å². The van der Waals surface area contributed by atoms with Gasteiger partial charge in [-0.25, -0.2) is 4.98 Å². The zero-order valence-corrected chi connectivity index (χ0v) is 17.2. The van der Waals surface area contributed by atoms with Crippen molar-refractivity contribution < 1.29 is 4.79 Å². The van der Waals surface area contributed by atoms with Crippen LogP contribution in [0.5, 0.6) is 0 Å². The normalized spacial score (nSPS) is 14.7. The van der Waals surface area contributed by atoms with Gasteiger partial charge in [-0.05, 0) is 35.9 Å². The number of allylic oxidation sites excluding steroid dienone is 1. The van der Waals surface area contributed by atoms with Crippen molar-refractivity contribution in [2.24, 2.45) is 0 Å². The molecular weight excluding hydrogens is 414 g/mol. The lowest BCUT2D eigenvalue weighted by molar-refractivity contribution is -0.113. The molecule has 0 spiro atoms. The number of carbonyl (C=O) groups is 1. The highest BCUT2D eigenvalue weighted by Gasteiger charge is 2.35. The van der Waals surface area contributed by atoms with Crippen LogP contribution < -0.4 is 4.90 Å². The van der Waals surface area contributed by atoms with Gasteiger partial charge in [-0.15, -0.1) is 11.3 Å². The third kappa shape index (κ3) is 3.07. The zero-order chi connectivity index (χ0) is 20.7. The Morgan fingerprint density at radius 1 is 1.03 bits per heavy atom. The molecule has 4 nitrogen and oxygen atoms in total. The van der Waals surface area contributed by atoms with E-state index in [9.17, 15) is 10.1 Å². The lowest BCUT2D eigenvalue weighted by atomic mass is 10.0. The summed E-state index contributed by atoms with van der Waals surface area (Å²) in [6.07, 6.45) is 0. The highest BCUT2D eigenvalue weighted by Crippen LogP contribution is 2.42. The standard InChI is InChI=1S/C24H14ClN3OS/c25-16-11-9-15(10-12-16)14-28-20-7-3-1-5-17(20)22(24(28)29)18(13-26)23-27-19-6-2-4-8-21(19)30-23/h1-12H,14H2/b22-18+. The molecule has 0 bridgehead atoms. The molecule has 30 heavy (non-hydrogen) atoms. The second-order valence-corrected chi connectivity index (χ2v) is 8.35. The summed E-state index contributed by atoms with van der Waals surface area (Å²) >= 11 is 7.42. The van der Waals surface area contributed by atoms with Crippen LogP contribution in [0.3, 0.4) is 0 Å². The Balaban J connectivity index is 1.65. The van der Waals surface area contributed by atoms with Gasteiger partial charge in [-0.1, -0.05) is 54.1 Å². The van der Waals surface area contributed by atoms with E-state index in [1.54, 1.807) is 4.90 Å². The van der Waals surface area contributed by atoms with Crippen molar-refractivity contribution in [3.63, 3.8) is 0 Å². The second kappa shape index (κ2) is 7.42. The average Bonchev–Trinajstić information content (AvgIpc) is 3.31. The summed E-state index contributed by atoms with van der Waals surface area (Å²) < 4.78 is 0.984.